The minimum Gasteiger partial charge on any atom is -0.387 e. The Kier molecular flexibility index (Phi) is 4.19. The van der Waals surface area contributed by atoms with E-state index in [-0.39, 0.29) is 0 Å². The standard InChI is InChI=1S/C13H18ClNO/c14-11-7-8-12(15-9-11)13(16)10-5-3-1-2-4-6-10/h7-10,13,16H,1-6H2. The first-order valence-electron chi connectivity index (χ1n) is 6.07. The molecular formula is C13H18ClNO. The number of halogens is 1. The number of hydrogen-bond acceptors (Lipinski definition) is 2. The van der Waals surface area contributed by atoms with Crippen LogP contribution in [0.25, 0.3) is 0 Å². The van der Waals surface area contributed by atoms with Gasteiger partial charge in [-0.1, -0.05) is 37.3 Å². The van der Waals surface area contributed by atoms with Crippen molar-refractivity contribution in [2.45, 2.75) is 44.6 Å². The molecule has 16 heavy (non-hydrogen) atoms. The molecule has 1 aromatic heterocycles. The van der Waals surface area contributed by atoms with Crippen molar-refractivity contribution in [3.05, 3.63) is 29.0 Å². The number of rotatable bonds is 2. The van der Waals surface area contributed by atoms with Gasteiger partial charge < -0.3 is 5.11 Å². The van der Waals surface area contributed by atoms with E-state index in [9.17, 15) is 5.11 Å². The highest BCUT2D eigenvalue weighted by Gasteiger charge is 2.22. The summed E-state index contributed by atoms with van der Waals surface area (Å²) in [6.07, 6.45) is 8.49. The Morgan fingerprint density at radius 3 is 2.44 bits per heavy atom. The van der Waals surface area contributed by atoms with Crippen LogP contribution in [-0.2, 0) is 0 Å². The maximum absolute atomic E-state index is 10.3. The molecule has 2 rings (SSSR count). The predicted octanol–water partition coefficient (Wildman–Crippen LogP) is 3.74. The highest BCUT2D eigenvalue weighted by atomic mass is 35.5. The lowest BCUT2D eigenvalue weighted by molar-refractivity contribution is 0.0948. The van der Waals surface area contributed by atoms with Gasteiger partial charge in [-0.05, 0) is 30.9 Å². The molecular weight excluding hydrogens is 222 g/mol. The first kappa shape index (κ1) is 11.9. The second-order valence-electron chi connectivity index (χ2n) is 4.60. The minimum atomic E-state index is -0.421. The normalized spacial score (nSPS) is 20.4. The molecule has 0 amide bonds. The van der Waals surface area contributed by atoms with Gasteiger partial charge in [-0.15, -0.1) is 0 Å². The molecule has 1 aromatic rings. The summed E-state index contributed by atoms with van der Waals surface area (Å²) in [7, 11) is 0. The topological polar surface area (TPSA) is 33.1 Å². The van der Waals surface area contributed by atoms with Gasteiger partial charge in [0.2, 0.25) is 0 Å². The number of aliphatic hydroxyl groups is 1. The molecule has 1 aliphatic carbocycles. The molecule has 1 fully saturated rings. The predicted molar refractivity (Wildman–Crippen MR) is 65.4 cm³/mol. The molecule has 0 aromatic carbocycles. The fraction of sp³-hybridized carbons (Fsp3) is 0.615. The average Bonchev–Trinajstić information content (AvgIpc) is 2.57. The SMILES string of the molecule is OC(c1ccc(Cl)cn1)C1CCCCCC1. The van der Waals surface area contributed by atoms with Crippen LogP contribution >= 0.6 is 11.6 Å². The van der Waals surface area contributed by atoms with E-state index in [2.05, 4.69) is 4.98 Å². The molecule has 1 saturated carbocycles. The summed E-state index contributed by atoms with van der Waals surface area (Å²) in [6.45, 7) is 0. The van der Waals surface area contributed by atoms with Crippen LogP contribution in [0.15, 0.2) is 18.3 Å². The van der Waals surface area contributed by atoms with Crippen molar-refractivity contribution in [3.63, 3.8) is 0 Å². The van der Waals surface area contributed by atoms with Gasteiger partial charge in [0.1, 0.15) is 0 Å². The van der Waals surface area contributed by atoms with E-state index in [0.717, 1.165) is 18.5 Å². The van der Waals surface area contributed by atoms with Gasteiger partial charge in [-0.3, -0.25) is 4.98 Å². The number of aliphatic hydroxyl groups excluding tert-OH is 1. The molecule has 1 aliphatic rings. The van der Waals surface area contributed by atoms with Gasteiger partial charge in [0.05, 0.1) is 16.8 Å². The molecule has 1 atom stereocenters. The maximum Gasteiger partial charge on any atom is 0.0987 e. The van der Waals surface area contributed by atoms with Gasteiger partial charge in [0.25, 0.3) is 0 Å². The number of aromatic nitrogens is 1. The Hall–Kier alpha value is -0.600. The summed E-state index contributed by atoms with van der Waals surface area (Å²) in [6, 6.07) is 3.63. The van der Waals surface area contributed by atoms with Crippen LogP contribution in [0.2, 0.25) is 5.02 Å². The van der Waals surface area contributed by atoms with Crippen molar-refractivity contribution in [2.24, 2.45) is 5.92 Å². The van der Waals surface area contributed by atoms with E-state index in [1.54, 1.807) is 12.3 Å². The number of pyridine rings is 1. The molecule has 0 bridgehead atoms. The van der Waals surface area contributed by atoms with Crippen LogP contribution < -0.4 is 0 Å². The zero-order chi connectivity index (χ0) is 11.4. The van der Waals surface area contributed by atoms with E-state index < -0.39 is 6.10 Å². The second kappa shape index (κ2) is 5.65. The van der Waals surface area contributed by atoms with Crippen molar-refractivity contribution < 1.29 is 5.11 Å². The summed E-state index contributed by atoms with van der Waals surface area (Å²) >= 11 is 5.78. The molecule has 2 nitrogen and oxygen atoms in total. The van der Waals surface area contributed by atoms with Crippen LogP contribution in [0, 0.1) is 5.92 Å². The van der Waals surface area contributed by atoms with Crippen molar-refractivity contribution >= 4 is 11.6 Å². The Morgan fingerprint density at radius 1 is 1.19 bits per heavy atom. The summed E-state index contributed by atoms with van der Waals surface area (Å²) in [5.41, 5.74) is 0.760. The van der Waals surface area contributed by atoms with Gasteiger partial charge in [0.15, 0.2) is 0 Å². The Balaban J connectivity index is 2.04. The third-order valence-corrected chi connectivity index (χ3v) is 3.62. The molecule has 0 saturated heterocycles. The van der Waals surface area contributed by atoms with Crippen molar-refractivity contribution in [3.8, 4) is 0 Å². The quantitative estimate of drug-likeness (QED) is 0.798. The third kappa shape index (κ3) is 2.96. The number of nitrogens with zero attached hydrogens (tertiary/aromatic N) is 1. The lowest BCUT2D eigenvalue weighted by Crippen LogP contribution is -2.13. The Morgan fingerprint density at radius 2 is 1.88 bits per heavy atom. The average molecular weight is 240 g/mol. The fourth-order valence-electron chi connectivity index (χ4n) is 2.43. The first-order valence-corrected chi connectivity index (χ1v) is 6.44. The fourth-order valence-corrected chi connectivity index (χ4v) is 2.54. The van der Waals surface area contributed by atoms with Gasteiger partial charge in [-0.2, -0.15) is 0 Å². The van der Waals surface area contributed by atoms with Crippen molar-refractivity contribution in [2.75, 3.05) is 0 Å². The van der Waals surface area contributed by atoms with Crippen LogP contribution in [0.1, 0.15) is 50.3 Å². The third-order valence-electron chi connectivity index (χ3n) is 3.40. The molecule has 1 N–H and O–H groups in total. The lowest BCUT2D eigenvalue weighted by Gasteiger charge is -2.20. The molecule has 1 unspecified atom stereocenters. The van der Waals surface area contributed by atoms with Crippen molar-refractivity contribution in [1.29, 1.82) is 0 Å². The van der Waals surface area contributed by atoms with E-state index in [1.165, 1.54) is 25.7 Å². The molecule has 88 valence electrons. The molecule has 0 aliphatic heterocycles. The molecule has 3 heteroatoms. The monoisotopic (exact) mass is 239 g/mol. The zero-order valence-electron chi connectivity index (χ0n) is 9.40. The van der Waals surface area contributed by atoms with Crippen molar-refractivity contribution in [1.82, 2.24) is 4.98 Å². The summed E-state index contributed by atoms with van der Waals surface area (Å²) in [5.74, 6) is 0.371. The summed E-state index contributed by atoms with van der Waals surface area (Å²) in [5, 5.41) is 10.9. The molecule has 0 radical (unpaired) electrons. The molecule has 1 heterocycles. The largest absolute Gasteiger partial charge is 0.387 e. The highest BCUT2D eigenvalue weighted by Crippen LogP contribution is 2.32. The van der Waals surface area contributed by atoms with E-state index in [4.69, 9.17) is 11.6 Å². The van der Waals surface area contributed by atoms with Gasteiger partial charge >= 0.3 is 0 Å². The highest BCUT2D eigenvalue weighted by molar-refractivity contribution is 6.30. The smallest absolute Gasteiger partial charge is 0.0987 e. The molecule has 0 spiro atoms. The van der Waals surface area contributed by atoms with Gasteiger partial charge in [0, 0.05) is 6.20 Å². The van der Waals surface area contributed by atoms with E-state index in [1.807, 2.05) is 6.07 Å². The van der Waals surface area contributed by atoms with Gasteiger partial charge in [-0.25, -0.2) is 0 Å². The van der Waals surface area contributed by atoms with Crippen LogP contribution in [0.5, 0.6) is 0 Å². The zero-order valence-corrected chi connectivity index (χ0v) is 10.2. The Bertz CT molecular complexity index is 317. The number of hydrogen-bond donors (Lipinski definition) is 1. The second-order valence-corrected chi connectivity index (χ2v) is 5.03. The van der Waals surface area contributed by atoms with Crippen LogP contribution in [0.4, 0.5) is 0 Å². The summed E-state index contributed by atoms with van der Waals surface area (Å²) < 4.78 is 0. The summed E-state index contributed by atoms with van der Waals surface area (Å²) in [4.78, 5) is 4.20. The lowest BCUT2D eigenvalue weighted by atomic mass is 9.92. The van der Waals surface area contributed by atoms with Crippen LogP contribution in [-0.4, -0.2) is 10.1 Å². The first-order chi connectivity index (χ1) is 7.77. The minimum absolute atomic E-state index is 0.371. The Labute approximate surface area is 102 Å². The van der Waals surface area contributed by atoms with E-state index >= 15 is 0 Å². The maximum atomic E-state index is 10.3. The van der Waals surface area contributed by atoms with E-state index in [0.29, 0.717) is 10.9 Å². The van der Waals surface area contributed by atoms with Crippen LogP contribution in [0.3, 0.4) is 0 Å².